The second-order valence-corrected chi connectivity index (χ2v) is 19.9. The van der Waals surface area contributed by atoms with Crippen molar-refractivity contribution in [3.63, 3.8) is 0 Å². The summed E-state index contributed by atoms with van der Waals surface area (Å²) >= 11 is 0. The quantitative estimate of drug-likeness (QED) is 0.147. The van der Waals surface area contributed by atoms with E-state index in [9.17, 15) is 9.22 Å². The van der Waals surface area contributed by atoms with Crippen LogP contribution in [-0.2, 0) is 31.9 Å². The van der Waals surface area contributed by atoms with E-state index in [0.717, 1.165) is 5.56 Å². The molecule has 2 heterocycles. The zero-order valence-corrected chi connectivity index (χ0v) is 42.8. The number of para-hydroxylation sites is 1. The molecule has 0 fully saturated rings. The Labute approximate surface area is 445 Å². The molecule has 0 atom stereocenters. The molecule has 0 bridgehead atoms. The van der Waals surface area contributed by atoms with E-state index in [1.807, 2.05) is 110 Å². The van der Waals surface area contributed by atoms with Gasteiger partial charge < -0.3 is 5.11 Å². The number of aryl methyl sites for hydroxylation is 1. The molecule has 69 heavy (non-hydrogen) atoms. The van der Waals surface area contributed by atoms with Crippen molar-refractivity contribution in [3.8, 4) is 78.6 Å². The van der Waals surface area contributed by atoms with Crippen LogP contribution in [0, 0.1) is 19.8 Å². The van der Waals surface area contributed by atoms with Gasteiger partial charge in [0.25, 0.3) is 0 Å². The van der Waals surface area contributed by atoms with Gasteiger partial charge in [-0.15, -0.1) is 29.3 Å². The number of nitrogens with zero attached hydrogens (tertiary/aromatic N) is 3. The summed E-state index contributed by atoms with van der Waals surface area (Å²) in [7, 11) is 0. The van der Waals surface area contributed by atoms with Gasteiger partial charge in [-0.25, -0.2) is 4.98 Å². The van der Waals surface area contributed by atoms with Gasteiger partial charge in [0.05, 0.1) is 31.9 Å². The molecule has 5 heteroatoms. The number of imidazole rings is 1. The Morgan fingerprint density at radius 3 is 1.99 bits per heavy atom. The third kappa shape index (κ3) is 9.79. The van der Waals surface area contributed by atoms with Crippen molar-refractivity contribution in [2.75, 3.05) is 0 Å². The van der Waals surface area contributed by atoms with Gasteiger partial charge in [0, 0.05) is 49.5 Å². The molecular weight excluding hydrogens is 1020 g/mol. The number of rotatable bonds is 9. The molecule has 0 aliphatic heterocycles. The summed E-state index contributed by atoms with van der Waals surface area (Å²) in [5, 5.41) is 12.7. The monoisotopic (exact) mass is 1100 g/mol. The standard InChI is InChI=1S/C64H64N3O.Pt/c1-39(2)47-35-53(40(3)4)61(68)56(36-47)62-66-60-52(48-32-49(34-51(33-48)64(10,11)12)57-37-46(29-30-65-57)43-23-21-41(5)22-24-43)19-16-20-58(60)67(62)59-38-54(44-17-14-13-15-18-44)42(6)31-55(59)45-25-27-50(28-26-45)63(7,8)9;/h13-31,33-40,68H,1-12H3;/q-1;/i5D3,6D3,21D,22D,23D,24D,29D,30D,37D,39D,40D;. The Kier molecular flexibility index (Phi) is 9.25. The van der Waals surface area contributed by atoms with Crippen LogP contribution in [0.4, 0.5) is 0 Å². The van der Waals surface area contributed by atoms with Crippen molar-refractivity contribution in [2.45, 2.75) is 106 Å². The first kappa shape index (κ1) is 33.2. The van der Waals surface area contributed by atoms with Gasteiger partial charge in [0.1, 0.15) is 11.6 Å². The zero-order valence-electron chi connectivity index (χ0n) is 55.5. The number of aromatic nitrogens is 3. The van der Waals surface area contributed by atoms with Gasteiger partial charge in [-0.1, -0.05) is 189 Å². The predicted molar refractivity (Wildman–Crippen MR) is 287 cm³/mol. The molecule has 9 aromatic rings. The maximum Gasteiger partial charge on any atom is 0.148 e. The zero-order chi connectivity index (χ0) is 61.2. The van der Waals surface area contributed by atoms with Crippen LogP contribution in [0.2, 0.25) is 0 Å². The Morgan fingerprint density at radius 2 is 1.33 bits per heavy atom. The van der Waals surface area contributed by atoms with Crippen molar-refractivity contribution >= 4 is 11.0 Å². The topological polar surface area (TPSA) is 50.9 Å². The van der Waals surface area contributed by atoms with Gasteiger partial charge >= 0.3 is 0 Å². The SMILES string of the molecule is [2H]c1nc(-c2[c-]c(-c3cccc4c3nc(-c3cc(C([2H])(C)C)cc(C([2H])(C)C)c3O)n4-c3cc(-c4ccccc4)c(C([2H])([2H])[2H])cc3-c3ccc(C(C)(C)C)cc3)cc(C(C)(C)C)c2)c([2H])c(-c2c([2H])c([2H])c(C([2H])([2H])[2H])c([2H])c2[2H])c1[2H].[Pt]. The average Bonchev–Trinajstić information content (AvgIpc) is 3.92. The first-order chi connectivity index (χ1) is 38.3. The summed E-state index contributed by atoms with van der Waals surface area (Å²) in [5.41, 5.74) is 4.63. The normalized spacial score (nSPS) is 15.8. The molecule has 1 N–H and O–H groups in total. The molecule has 2 aromatic heterocycles. The fourth-order valence-electron chi connectivity index (χ4n) is 8.51. The second kappa shape index (κ2) is 19.2. The number of hydrogen-bond acceptors (Lipinski definition) is 3. The molecule has 0 saturated carbocycles. The van der Waals surface area contributed by atoms with Gasteiger partial charge in [0.2, 0.25) is 0 Å². The smallest absolute Gasteiger partial charge is 0.148 e. The van der Waals surface area contributed by atoms with Gasteiger partial charge in [-0.2, -0.15) is 0 Å². The maximum absolute atomic E-state index is 12.7. The minimum absolute atomic E-state index is 0. The summed E-state index contributed by atoms with van der Waals surface area (Å²) in [6.07, 6.45) is -0.652. The number of phenols is 1. The minimum Gasteiger partial charge on any atom is -0.507 e. The number of aromatic hydroxyl groups is 1. The minimum atomic E-state index is -3.02. The van der Waals surface area contributed by atoms with Crippen LogP contribution in [0.3, 0.4) is 0 Å². The Balaban J connectivity index is 0.00000920. The maximum atomic E-state index is 12.7. The van der Waals surface area contributed by atoms with E-state index in [-0.39, 0.29) is 66.0 Å². The number of hydrogen-bond donors (Lipinski definition) is 1. The van der Waals surface area contributed by atoms with E-state index in [4.69, 9.17) is 21.4 Å². The molecule has 0 spiro atoms. The summed E-state index contributed by atoms with van der Waals surface area (Å²) in [6, 6.07) is 32.1. The van der Waals surface area contributed by atoms with Gasteiger partial charge in [0.15, 0.2) is 0 Å². The van der Waals surface area contributed by atoms with E-state index in [0.29, 0.717) is 61.2 Å². The molecule has 4 nitrogen and oxygen atoms in total. The van der Waals surface area contributed by atoms with Crippen molar-refractivity contribution in [1.29, 1.82) is 0 Å². The predicted octanol–water partition coefficient (Wildman–Crippen LogP) is 17.4. The van der Waals surface area contributed by atoms with Crippen LogP contribution in [0.25, 0.3) is 83.9 Å². The van der Waals surface area contributed by atoms with Crippen LogP contribution in [-0.4, -0.2) is 19.6 Å². The van der Waals surface area contributed by atoms with E-state index in [1.54, 1.807) is 52.0 Å². The molecule has 352 valence electrons. The number of benzene rings is 7. The number of fused-ring (bicyclic) bond motifs is 1. The van der Waals surface area contributed by atoms with Crippen molar-refractivity contribution in [1.82, 2.24) is 14.5 Å². The Hall–Kier alpha value is -6.35. The molecule has 0 radical (unpaired) electrons. The van der Waals surface area contributed by atoms with E-state index >= 15 is 0 Å². The van der Waals surface area contributed by atoms with E-state index in [2.05, 4.69) is 31.8 Å². The van der Waals surface area contributed by atoms with Crippen LogP contribution in [0.1, 0.15) is 135 Å². The van der Waals surface area contributed by atoms with Crippen LogP contribution >= 0.6 is 0 Å². The summed E-state index contributed by atoms with van der Waals surface area (Å²) < 4.78 is 134. The molecular formula is C64H64N3OPt-. The Bertz CT molecular complexity index is 4040. The molecule has 0 unspecified atom stereocenters. The molecule has 7 aromatic carbocycles. The third-order valence-corrected chi connectivity index (χ3v) is 12.4. The molecule has 9 rings (SSSR count). The summed E-state index contributed by atoms with van der Waals surface area (Å²) in [5.74, 6) is -2.66. The fraction of sp³-hybridized carbons (Fsp3) is 0.250. The van der Waals surface area contributed by atoms with E-state index in [1.165, 1.54) is 0 Å². The molecule has 0 aliphatic rings. The number of phenolic OH excluding ortho intramolecular Hbond substituents is 1. The largest absolute Gasteiger partial charge is 0.507 e. The first-order valence-corrected chi connectivity index (χ1v) is 22.7. The summed E-state index contributed by atoms with van der Waals surface area (Å²) in [4.78, 5) is 9.90. The van der Waals surface area contributed by atoms with Crippen molar-refractivity contribution in [2.24, 2.45) is 0 Å². The molecule has 0 saturated heterocycles. The number of pyridine rings is 1. The van der Waals surface area contributed by atoms with Gasteiger partial charge in [-0.3, -0.25) is 9.55 Å². The average molecular weight is 1100 g/mol. The van der Waals surface area contributed by atoms with E-state index < -0.39 is 90.0 Å². The van der Waals surface area contributed by atoms with Crippen LogP contribution in [0.15, 0.2) is 152 Å². The molecule has 0 amide bonds. The van der Waals surface area contributed by atoms with Crippen molar-refractivity contribution in [3.05, 3.63) is 191 Å². The molecule has 0 aliphatic carbocycles. The Morgan fingerprint density at radius 1 is 0.638 bits per heavy atom. The first-order valence-electron chi connectivity index (χ1n) is 30.2. The summed E-state index contributed by atoms with van der Waals surface area (Å²) in [6.45, 7) is 13.4. The third-order valence-electron chi connectivity index (χ3n) is 12.4. The second-order valence-electron chi connectivity index (χ2n) is 19.9. The van der Waals surface area contributed by atoms with Crippen LogP contribution in [0.5, 0.6) is 5.75 Å². The van der Waals surface area contributed by atoms with Gasteiger partial charge in [-0.05, 0) is 117 Å². The van der Waals surface area contributed by atoms with Crippen molar-refractivity contribution < 1.29 is 46.7 Å². The van der Waals surface area contributed by atoms with Crippen LogP contribution < -0.4 is 0 Å². The fourth-order valence-corrected chi connectivity index (χ4v) is 8.51.